The number of hydrogen-bond acceptors (Lipinski definition) is 2. The van der Waals surface area contributed by atoms with E-state index in [9.17, 15) is 36.2 Å². The third kappa shape index (κ3) is 3.92. The third-order valence-corrected chi connectivity index (χ3v) is 6.07. The second-order valence-electron chi connectivity index (χ2n) is 8.13. The molecule has 3 aromatic carbocycles. The Bertz CT molecular complexity index is 1270. The molecule has 1 aliphatic rings. The first-order chi connectivity index (χ1) is 15.8. The van der Waals surface area contributed by atoms with Crippen LogP contribution in [0.1, 0.15) is 34.7 Å². The Kier molecular flexibility index (Phi) is 5.68. The Morgan fingerprint density at radius 2 is 1.26 bits per heavy atom. The summed E-state index contributed by atoms with van der Waals surface area (Å²) >= 11 is 0. The van der Waals surface area contributed by atoms with Crippen molar-refractivity contribution in [1.29, 1.82) is 0 Å². The zero-order valence-corrected chi connectivity index (χ0v) is 17.7. The second-order valence-corrected chi connectivity index (χ2v) is 8.13. The van der Waals surface area contributed by atoms with E-state index in [4.69, 9.17) is 0 Å². The van der Waals surface area contributed by atoms with Crippen LogP contribution >= 0.6 is 0 Å². The molecule has 0 saturated carbocycles. The smallest absolute Gasteiger partial charge is 0.380 e. The summed E-state index contributed by atoms with van der Waals surface area (Å²) in [5, 5.41) is 11.9. The molecule has 1 aliphatic carbocycles. The van der Waals surface area contributed by atoms with Crippen LogP contribution in [0.2, 0.25) is 0 Å². The average molecular weight is 476 g/mol. The van der Waals surface area contributed by atoms with Gasteiger partial charge in [0.1, 0.15) is 5.60 Å². The number of carbonyl (C=O) groups is 1. The number of alkyl halides is 6. The molecule has 34 heavy (non-hydrogen) atoms. The SMILES string of the molecule is C[C@H]1C(=O)C(c2ccccc2)=C(c2cccc(C(F)(F)F)c2)[C@]1(O)c1cccc(C(F)(F)F)c1. The van der Waals surface area contributed by atoms with Crippen molar-refractivity contribution in [2.45, 2.75) is 24.9 Å². The molecule has 2 nitrogen and oxygen atoms in total. The van der Waals surface area contributed by atoms with Crippen molar-refractivity contribution in [3.63, 3.8) is 0 Å². The van der Waals surface area contributed by atoms with Crippen LogP contribution in [0.15, 0.2) is 78.9 Å². The number of ketones is 1. The number of aliphatic hydroxyl groups is 1. The first kappa shape index (κ1) is 23.8. The van der Waals surface area contributed by atoms with Gasteiger partial charge in [-0.1, -0.05) is 61.5 Å². The van der Waals surface area contributed by atoms with E-state index in [0.29, 0.717) is 5.56 Å². The molecule has 0 radical (unpaired) electrons. The van der Waals surface area contributed by atoms with Gasteiger partial charge in [-0.2, -0.15) is 26.3 Å². The van der Waals surface area contributed by atoms with Crippen LogP contribution in [0.5, 0.6) is 0 Å². The first-order valence-electron chi connectivity index (χ1n) is 10.3. The lowest BCUT2D eigenvalue weighted by molar-refractivity contribution is -0.138. The molecule has 2 atom stereocenters. The molecule has 0 saturated heterocycles. The van der Waals surface area contributed by atoms with Crippen molar-refractivity contribution < 1.29 is 36.2 Å². The lowest BCUT2D eigenvalue weighted by Gasteiger charge is -2.32. The van der Waals surface area contributed by atoms with Crippen LogP contribution in [0, 0.1) is 5.92 Å². The zero-order chi connectivity index (χ0) is 24.9. The molecule has 0 heterocycles. The summed E-state index contributed by atoms with van der Waals surface area (Å²) < 4.78 is 80.6. The van der Waals surface area contributed by atoms with E-state index in [1.54, 1.807) is 30.3 Å². The standard InChI is InChI=1S/C26H18F6O2/c1-15-23(33)21(16-7-3-2-4-8-16)22(17-9-5-11-19(13-17)25(27,28)29)24(15,34)18-10-6-12-20(14-18)26(30,31)32/h2-15,34H,1H3/t15-,24+/m0/s1. The van der Waals surface area contributed by atoms with Crippen molar-refractivity contribution in [2.24, 2.45) is 5.92 Å². The van der Waals surface area contributed by atoms with Gasteiger partial charge in [0.05, 0.1) is 17.0 Å². The van der Waals surface area contributed by atoms with E-state index in [1.807, 2.05) is 0 Å². The van der Waals surface area contributed by atoms with Gasteiger partial charge in [0.15, 0.2) is 5.78 Å². The van der Waals surface area contributed by atoms with Gasteiger partial charge in [0.2, 0.25) is 0 Å². The summed E-state index contributed by atoms with van der Waals surface area (Å²) in [4.78, 5) is 13.4. The van der Waals surface area contributed by atoms with Gasteiger partial charge in [-0.15, -0.1) is 0 Å². The van der Waals surface area contributed by atoms with E-state index in [1.165, 1.54) is 19.1 Å². The number of halogens is 6. The van der Waals surface area contributed by atoms with Gasteiger partial charge in [-0.05, 0) is 41.0 Å². The average Bonchev–Trinajstić information content (AvgIpc) is 3.00. The van der Waals surface area contributed by atoms with Crippen molar-refractivity contribution in [1.82, 2.24) is 0 Å². The first-order valence-corrected chi connectivity index (χ1v) is 10.3. The number of benzene rings is 3. The predicted octanol–water partition coefficient (Wildman–Crippen LogP) is 6.74. The van der Waals surface area contributed by atoms with Crippen LogP contribution in [-0.2, 0) is 22.7 Å². The van der Waals surface area contributed by atoms with Gasteiger partial charge >= 0.3 is 12.4 Å². The zero-order valence-electron chi connectivity index (χ0n) is 17.7. The van der Waals surface area contributed by atoms with Gasteiger partial charge in [0, 0.05) is 11.1 Å². The Hall–Kier alpha value is -3.39. The number of hydrogen-bond donors (Lipinski definition) is 1. The molecule has 4 rings (SSSR count). The van der Waals surface area contributed by atoms with Gasteiger partial charge < -0.3 is 5.11 Å². The minimum Gasteiger partial charge on any atom is -0.380 e. The highest BCUT2D eigenvalue weighted by Gasteiger charge is 2.53. The van der Waals surface area contributed by atoms with Crippen molar-refractivity contribution >= 4 is 16.9 Å². The van der Waals surface area contributed by atoms with Crippen LogP contribution in [0.25, 0.3) is 11.1 Å². The van der Waals surface area contributed by atoms with Crippen molar-refractivity contribution in [3.8, 4) is 0 Å². The van der Waals surface area contributed by atoms with Crippen LogP contribution < -0.4 is 0 Å². The minimum atomic E-state index is -4.72. The summed E-state index contributed by atoms with van der Waals surface area (Å²) in [6.07, 6.45) is -9.42. The van der Waals surface area contributed by atoms with Crippen molar-refractivity contribution in [3.05, 3.63) is 107 Å². The van der Waals surface area contributed by atoms with Gasteiger partial charge in [-0.25, -0.2) is 0 Å². The maximum absolute atomic E-state index is 13.5. The summed E-state index contributed by atoms with van der Waals surface area (Å²) in [5.74, 6) is -1.84. The lowest BCUT2D eigenvalue weighted by atomic mass is 9.77. The van der Waals surface area contributed by atoms with E-state index in [-0.39, 0.29) is 22.3 Å². The highest BCUT2D eigenvalue weighted by molar-refractivity contribution is 6.33. The Labute approximate surface area is 191 Å². The molecule has 0 unspecified atom stereocenters. The molecule has 0 fully saturated rings. The topological polar surface area (TPSA) is 37.3 Å². The van der Waals surface area contributed by atoms with Gasteiger partial charge in [0.25, 0.3) is 0 Å². The highest BCUT2D eigenvalue weighted by atomic mass is 19.4. The molecule has 8 heteroatoms. The van der Waals surface area contributed by atoms with E-state index in [0.717, 1.165) is 36.4 Å². The minimum absolute atomic E-state index is 0.0349. The molecular weight excluding hydrogens is 458 g/mol. The normalized spacial score (nSPS) is 21.3. The monoisotopic (exact) mass is 476 g/mol. The largest absolute Gasteiger partial charge is 0.416 e. The third-order valence-electron chi connectivity index (χ3n) is 6.07. The Morgan fingerprint density at radius 3 is 1.85 bits per heavy atom. The fraction of sp³-hybridized carbons (Fsp3) is 0.192. The Morgan fingerprint density at radius 1 is 0.735 bits per heavy atom. The van der Waals surface area contributed by atoms with Gasteiger partial charge in [-0.3, -0.25) is 4.79 Å². The number of carbonyl (C=O) groups excluding carboxylic acids is 1. The molecule has 0 aliphatic heterocycles. The molecular formula is C26H18F6O2. The number of rotatable bonds is 3. The maximum atomic E-state index is 13.5. The maximum Gasteiger partial charge on any atom is 0.416 e. The Balaban J connectivity index is 2.06. The fourth-order valence-electron chi connectivity index (χ4n) is 4.37. The molecule has 1 N–H and O–H groups in total. The summed E-state index contributed by atoms with van der Waals surface area (Å²) in [5.41, 5.74) is -4.55. The fourth-order valence-corrected chi connectivity index (χ4v) is 4.37. The molecule has 0 spiro atoms. The predicted molar refractivity (Wildman–Crippen MR) is 114 cm³/mol. The molecule has 0 aromatic heterocycles. The molecule has 0 amide bonds. The number of allylic oxidation sites excluding steroid dienone is 1. The van der Waals surface area contributed by atoms with Crippen LogP contribution in [0.4, 0.5) is 26.3 Å². The quantitative estimate of drug-likeness (QED) is 0.425. The van der Waals surface area contributed by atoms with E-state index >= 15 is 0 Å². The molecule has 176 valence electrons. The highest BCUT2D eigenvalue weighted by Crippen LogP contribution is 2.54. The molecule has 0 bridgehead atoms. The summed E-state index contributed by atoms with van der Waals surface area (Å²) in [7, 11) is 0. The van der Waals surface area contributed by atoms with Crippen LogP contribution in [0.3, 0.4) is 0 Å². The van der Waals surface area contributed by atoms with Crippen molar-refractivity contribution in [2.75, 3.05) is 0 Å². The summed E-state index contributed by atoms with van der Waals surface area (Å²) in [6.45, 7) is 1.35. The summed E-state index contributed by atoms with van der Waals surface area (Å²) in [6, 6.07) is 16.0. The molecule has 3 aromatic rings. The second kappa shape index (κ2) is 8.13. The lowest BCUT2D eigenvalue weighted by Crippen LogP contribution is -2.34. The van der Waals surface area contributed by atoms with E-state index < -0.39 is 40.8 Å². The number of Topliss-reactive ketones (excluding diaryl/α,β-unsaturated/α-hetero) is 1. The van der Waals surface area contributed by atoms with E-state index in [2.05, 4.69) is 0 Å². The van der Waals surface area contributed by atoms with Crippen LogP contribution in [-0.4, -0.2) is 10.9 Å².